The van der Waals surface area contributed by atoms with Crippen LogP contribution in [0.3, 0.4) is 0 Å². The van der Waals surface area contributed by atoms with E-state index in [1.165, 1.54) is 0 Å². The average molecular weight is 276 g/mol. The van der Waals surface area contributed by atoms with Gasteiger partial charge in [-0.05, 0) is 43.1 Å². The number of nitrogens with one attached hydrogen (secondary N) is 1. The van der Waals surface area contributed by atoms with Gasteiger partial charge in [0.15, 0.2) is 10.6 Å². The van der Waals surface area contributed by atoms with Gasteiger partial charge >= 0.3 is 0 Å². The Balaban J connectivity index is 1.80. The first-order valence-electron chi connectivity index (χ1n) is 6.48. The van der Waals surface area contributed by atoms with Crippen LogP contribution in [0.5, 0.6) is 0 Å². The smallest absolute Gasteiger partial charge is 0.195 e. The van der Waals surface area contributed by atoms with E-state index in [-0.39, 0.29) is 0 Å². The number of pyridine rings is 1. The Hall–Kier alpha value is -1.53. The predicted octanol–water partition coefficient (Wildman–Crippen LogP) is 2.43. The fourth-order valence-electron chi connectivity index (χ4n) is 2.37. The first-order valence-corrected chi connectivity index (χ1v) is 6.89. The molecule has 2 aromatic heterocycles. The van der Waals surface area contributed by atoms with Crippen molar-refractivity contribution in [3.63, 3.8) is 0 Å². The van der Waals surface area contributed by atoms with Crippen LogP contribution in [0.15, 0.2) is 24.5 Å². The molecule has 0 radical (unpaired) electrons. The monoisotopic (exact) mass is 276 g/mol. The number of rotatable bonds is 4. The standard InChI is InChI=1S/C13H16N4OS/c19-13-16-15-12(11-1-5-14-6-2-11)17(13)7-3-10-4-8-18-9-10/h1-2,5-6,10H,3-4,7-9H2,(H,16,19). The molecular formula is C13H16N4OS. The molecule has 3 heterocycles. The summed E-state index contributed by atoms with van der Waals surface area (Å²) >= 11 is 5.31. The molecule has 1 N–H and O–H groups in total. The van der Waals surface area contributed by atoms with Crippen molar-refractivity contribution in [2.24, 2.45) is 5.92 Å². The van der Waals surface area contributed by atoms with E-state index >= 15 is 0 Å². The van der Waals surface area contributed by atoms with Crippen LogP contribution in [0.25, 0.3) is 11.4 Å². The fraction of sp³-hybridized carbons (Fsp3) is 0.462. The molecule has 3 rings (SSSR count). The van der Waals surface area contributed by atoms with Gasteiger partial charge in [-0.3, -0.25) is 10.1 Å². The summed E-state index contributed by atoms with van der Waals surface area (Å²) in [5.41, 5.74) is 1.03. The second-order valence-electron chi connectivity index (χ2n) is 4.76. The van der Waals surface area contributed by atoms with Crippen molar-refractivity contribution >= 4 is 12.2 Å². The van der Waals surface area contributed by atoms with Gasteiger partial charge in [-0.2, -0.15) is 5.10 Å². The topological polar surface area (TPSA) is 55.7 Å². The van der Waals surface area contributed by atoms with E-state index < -0.39 is 0 Å². The van der Waals surface area contributed by atoms with Crippen LogP contribution in [0.1, 0.15) is 12.8 Å². The molecule has 0 amide bonds. The molecule has 1 atom stereocenters. The summed E-state index contributed by atoms with van der Waals surface area (Å²) < 4.78 is 8.14. The lowest BCUT2D eigenvalue weighted by molar-refractivity contribution is 0.183. The molecule has 1 aliphatic heterocycles. The molecule has 1 unspecified atom stereocenters. The fourth-order valence-corrected chi connectivity index (χ4v) is 2.59. The lowest BCUT2D eigenvalue weighted by Crippen LogP contribution is -2.07. The molecule has 19 heavy (non-hydrogen) atoms. The van der Waals surface area contributed by atoms with Gasteiger partial charge in [0.05, 0.1) is 0 Å². The molecule has 0 aromatic carbocycles. The van der Waals surface area contributed by atoms with Crippen LogP contribution < -0.4 is 0 Å². The Morgan fingerprint density at radius 2 is 2.26 bits per heavy atom. The minimum absolute atomic E-state index is 0.641. The highest BCUT2D eigenvalue weighted by atomic mass is 32.1. The highest BCUT2D eigenvalue weighted by Crippen LogP contribution is 2.20. The minimum atomic E-state index is 0.641. The maximum atomic E-state index is 5.41. The molecule has 100 valence electrons. The minimum Gasteiger partial charge on any atom is -0.381 e. The van der Waals surface area contributed by atoms with E-state index in [4.69, 9.17) is 17.0 Å². The van der Waals surface area contributed by atoms with Crippen LogP contribution >= 0.6 is 12.2 Å². The van der Waals surface area contributed by atoms with Gasteiger partial charge in [0.2, 0.25) is 0 Å². The summed E-state index contributed by atoms with van der Waals surface area (Å²) in [6.07, 6.45) is 5.76. The number of hydrogen-bond acceptors (Lipinski definition) is 4. The van der Waals surface area contributed by atoms with Crippen LogP contribution in [-0.4, -0.2) is 33.0 Å². The van der Waals surface area contributed by atoms with Crippen LogP contribution in [-0.2, 0) is 11.3 Å². The molecular weight excluding hydrogens is 260 g/mol. The third kappa shape index (κ3) is 2.74. The summed E-state index contributed by atoms with van der Waals surface area (Å²) in [4.78, 5) is 4.03. The molecule has 0 bridgehead atoms. The Labute approximate surface area is 116 Å². The van der Waals surface area contributed by atoms with Crippen molar-refractivity contribution in [3.8, 4) is 11.4 Å². The SMILES string of the molecule is S=c1[nH]nc(-c2ccncc2)n1CCC1CCOC1. The summed E-state index contributed by atoms with van der Waals surface area (Å²) in [5, 5.41) is 7.19. The zero-order chi connectivity index (χ0) is 13.1. The first-order chi connectivity index (χ1) is 9.34. The molecule has 1 saturated heterocycles. The van der Waals surface area contributed by atoms with Gasteiger partial charge < -0.3 is 9.30 Å². The predicted molar refractivity (Wildman–Crippen MR) is 74.2 cm³/mol. The molecule has 0 spiro atoms. The molecule has 0 aliphatic carbocycles. The van der Waals surface area contributed by atoms with Crippen LogP contribution in [0, 0.1) is 10.7 Å². The second-order valence-corrected chi connectivity index (χ2v) is 5.14. The van der Waals surface area contributed by atoms with Gasteiger partial charge in [0.1, 0.15) is 0 Å². The number of aromatic amines is 1. The van der Waals surface area contributed by atoms with E-state index in [9.17, 15) is 0 Å². The highest BCUT2D eigenvalue weighted by molar-refractivity contribution is 7.71. The van der Waals surface area contributed by atoms with Crippen molar-refractivity contribution in [1.82, 2.24) is 19.7 Å². The zero-order valence-corrected chi connectivity index (χ0v) is 11.4. The zero-order valence-electron chi connectivity index (χ0n) is 10.6. The number of nitrogens with zero attached hydrogens (tertiary/aromatic N) is 3. The van der Waals surface area contributed by atoms with Crippen molar-refractivity contribution in [3.05, 3.63) is 29.3 Å². The van der Waals surface area contributed by atoms with Crippen molar-refractivity contribution in [2.45, 2.75) is 19.4 Å². The molecule has 1 aliphatic rings. The number of ether oxygens (including phenoxy) is 1. The highest BCUT2D eigenvalue weighted by Gasteiger charge is 2.17. The molecule has 0 saturated carbocycles. The van der Waals surface area contributed by atoms with Crippen LogP contribution in [0.4, 0.5) is 0 Å². The van der Waals surface area contributed by atoms with E-state index in [1.54, 1.807) is 12.4 Å². The normalized spacial score (nSPS) is 18.8. The van der Waals surface area contributed by atoms with E-state index in [0.29, 0.717) is 10.7 Å². The van der Waals surface area contributed by atoms with Crippen molar-refractivity contribution in [2.75, 3.05) is 13.2 Å². The van der Waals surface area contributed by atoms with Gasteiger partial charge in [0.25, 0.3) is 0 Å². The Morgan fingerprint density at radius 3 is 3.00 bits per heavy atom. The summed E-state index contributed by atoms with van der Waals surface area (Å²) in [6, 6.07) is 3.89. The van der Waals surface area contributed by atoms with E-state index in [0.717, 1.165) is 44.0 Å². The Morgan fingerprint density at radius 1 is 1.42 bits per heavy atom. The second kappa shape index (κ2) is 5.63. The molecule has 6 heteroatoms. The molecule has 1 fully saturated rings. The van der Waals surface area contributed by atoms with E-state index in [1.807, 2.05) is 12.1 Å². The van der Waals surface area contributed by atoms with E-state index in [2.05, 4.69) is 19.7 Å². The third-order valence-electron chi connectivity index (χ3n) is 3.48. The Kier molecular flexibility index (Phi) is 3.70. The number of hydrogen-bond donors (Lipinski definition) is 1. The Bertz CT molecular complexity index is 586. The average Bonchev–Trinajstić information content (AvgIpc) is 3.07. The van der Waals surface area contributed by atoms with Gasteiger partial charge in [-0.25, -0.2) is 0 Å². The van der Waals surface area contributed by atoms with Gasteiger partial charge in [-0.1, -0.05) is 0 Å². The van der Waals surface area contributed by atoms with Gasteiger partial charge in [-0.15, -0.1) is 0 Å². The largest absolute Gasteiger partial charge is 0.381 e. The lowest BCUT2D eigenvalue weighted by Gasteiger charge is -2.10. The van der Waals surface area contributed by atoms with Crippen molar-refractivity contribution < 1.29 is 4.74 Å². The third-order valence-corrected chi connectivity index (χ3v) is 3.79. The quantitative estimate of drug-likeness (QED) is 0.871. The summed E-state index contributed by atoms with van der Waals surface area (Å²) in [6.45, 7) is 2.63. The van der Waals surface area contributed by atoms with Gasteiger partial charge in [0, 0.05) is 37.7 Å². The van der Waals surface area contributed by atoms with Crippen LogP contribution in [0.2, 0.25) is 0 Å². The first kappa shape index (κ1) is 12.5. The number of H-pyrrole nitrogens is 1. The maximum absolute atomic E-state index is 5.41. The molecule has 2 aromatic rings. The lowest BCUT2D eigenvalue weighted by atomic mass is 10.1. The molecule has 5 nitrogen and oxygen atoms in total. The summed E-state index contributed by atoms with van der Waals surface area (Å²) in [7, 11) is 0. The summed E-state index contributed by atoms with van der Waals surface area (Å²) in [5.74, 6) is 1.52. The van der Waals surface area contributed by atoms with Crippen molar-refractivity contribution in [1.29, 1.82) is 0 Å². The number of aromatic nitrogens is 4. The maximum Gasteiger partial charge on any atom is 0.195 e.